The lowest BCUT2D eigenvalue weighted by Crippen LogP contribution is -2.58. The van der Waals surface area contributed by atoms with Crippen LogP contribution in [-0.4, -0.2) is 74.2 Å². The molecular weight excluding hydrogens is 394 g/mol. The number of piperidine rings is 1. The second-order valence-corrected chi connectivity index (χ2v) is 8.88. The Labute approximate surface area is 171 Å². The zero-order valence-electron chi connectivity index (χ0n) is 16.6. The van der Waals surface area contributed by atoms with Crippen LogP contribution >= 0.6 is 11.3 Å². The summed E-state index contributed by atoms with van der Waals surface area (Å²) in [6.07, 6.45) is 2.48. The number of urea groups is 1. The first-order chi connectivity index (χ1) is 13.7. The van der Waals surface area contributed by atoms with E-state index in [4.69, 9.17) is 0 Å². The van der Waals surface area contributed by atoms with Crippen LogP contribution in [0.4, 0.5) is 4.79 Å². The number of aromatic nitrogens is 2. The van der Waals surface area contributed by atoms with Crippen molar-refractivity contribution in [2.45, 2.75) is 32.2 Å². The van der Waals surface area contributed by atoms with Crippen molar-refractivity contribution >= 4 is 34.1 Å². The summed E-state index contributed by atoms with van der Waals surface area (Å²) in [5.74, 6) is -0.241. The van der Waals surface area contributed by atoms with Gasteiger partial charge >= 0.3 is 6.03 Å². The topological polar surface area (TPSA) is 95.3 Å². The van der Waals surface area contributed by atoms with Gasteiger partial charge in [-0.3, -0.25) is 23.7 Å². The quantitative estimate of drug-likeness (QED) is 0.701. The van der Waals surface area contributed by atoms with Crippen molar-refractivity contribution in [3.8, 4) is 0 Å². The van der Waals surface area contributed by atoms with Crippen molar-refractivity contribution in [3.05, 3.63) is 33.7 Å². The van der Waals surface area contributed by atoms with Crippen LogP contribution in [-0.2, 0) is 4.79 Å². The molecule has 0 atom stereocenters. The highest BCUT2D eigenvalue weighted by atomic mass is 32.1. The second-order valence-electron chi connectivity index (χ2n) is 8.01. The van der Waals surface area contributed by atoms with Crippen LogP contribution < -0.4 is 5.56 Å². The van der Waals surface area contributed by atoms with E-state index in [1.807, 2.05) is 13.8 Å². The van der Waals surface area contributed by atoms with Gasteiger partial charge in [-0.2, -0.15) is 4.98 Å². The van der Waals surface area contributed by atoms with E-state index in [0.717, 1.165) is 0 Å². The van der Waals surface area contributed by atoms with E-state index in [-0.39, 0.29) is 29.5 Å². The third kappa shape index (κ3) is 3.02. The molecule has 10 heteroatoms. The summed E-state index contributed by atoms with van der Waals surface area (Å²) in [6.45, 7) is 5.19. The fraction of sp³-hybridized carbons (Fsp3) is 0.526. The standard InChI is InChI=1S/C19H23N5O4S/c1-12(2)11-24-18(28)21(3)16(27)19(24)4-6-22(7-5-19)15(26)13-10-14(25)20-17-23(13)8-9-29-17/h8-10,12H,4-7,11H2,1-3H3. The molecule has 2 aromatic rings. The molecule has 4 rings (SSSR count). The van der Waals surface area contributed by atoms with Gasteiger partial charge in [0.05, 0.1) is 0 Å². The first-order valence-electron chi connectivity index (χ1n) is 9.60. The molecule has 0 saturated carbocycles. The van der Waals surface area contributed by atoms with Crippen molar-refractivity contribution < 1.29 is 14.4 Å². The molecule has 0 aliphatic carbocycles. The lowest BCUT2D eigenvalue weighted by molar-refractivity contribution is -0.134. The molecule has 9 nitrogen and oxygen atoms in total. The van der Waals surface area contributed by atoms with Crippen molar-refractivity contribution in [2.24, 2.45) is 5.92 Å². The number of hydrogen-bond donors (Lipinski definition) is 0. The minimum atomic E-state index is -0.889. The fourth-order valence-electron chi connectivity index (χ4n) is 4.24. The number of carbonyl (C=O) groups excluding carboxylic acids is 3. The Morgan fingerprint density at radius 1 is 1.24 bits per heavy atom. The molecule has 4 heterocycles. The molecular formula is C19H23N5O4S. The van der Waals surface area contributed by atoms with E-state index in [1.54, 1.807) is 25.8 Å². The van der Waals surface area contributed by atoms with Gasteiger partial charge < -0.3 is 9.80 Å². The van der Waals surface area contributed by atoms with Crippen LogP contribution in [0.2, 0.25) is 0 Å². The third-order valence-electron chi connectivity index (χ3n) is 5.70. The highest BCUT2D eigenvalue weighted by Crippen LogP contribution is 2.37. The first kappa shape index (κ1) is 19.6. The number of nitrogens with zero attached hydrogens (tertiary/aromatic N) is 5. The second kappa shape index (κ2) is 6.94. The number of imide groups is 1. The van der Waals surface area contributed by atoms with Crippen LogP contribution in [0.5, 0.6) is 0 Å². The van der Waals surface area contributed by atoms with Crippen molar-refractivity contribution in [3.63, 3.8) is 0 Å². The van der Waals surface area contributed by atoms with Crippen molar-refractivity contribution in [1.29, 1.82) is 0 Å². The molecule has 2 saturated heterocycles. The van der Waals surface area contributed by atoms with Gasteiger partial charge in [-0.1, -0.05) is 13.8 Å². The fourth-order valence-corrected chi connectivity index (χ4v) is 4.96. The minimum absolute atomic E-state index is 0.199. The lowest BCUT2D eigenvalue weighted by atomic mass is 9.85. The predicted octanol–water partition coefficient (Wildman–Crippen LogP) is 1.28. The highest BCUT2D eigenvalue weighted by molar-refractivity contribution is 7.15. The summed E-state index contributed by atoms with van der Waals surface area (Å²) in [5.41, 5.74) is -1.08. The van der Waals surface area contributed by atoms with Crippen molar-refractivity contribution in [1.82, 2.24) is 24.1 Å². The van der Waals surface area contributed by atoms with E-state index in [1.165, 1.54) is 29.4 Å². The van der Waals surface area contributed by atoms with E-state index in [2.05, 4.69) is 4.98 Å². The van der Waals surface area contributed by atoms with Gasteiger partial charge in [0.15, 0.2) is 4.96 Å². The Morgan fingerprint density at radius 2 is 1.93 bits per heavy atom. The lowest BCUT2D eigenvalue weighted by Gasteiger charge is -2.42. The number of hydrogen-bond acceptors (Lipinski definition) is 6. The van der Waals surface area contributed by atoms with Crippen molar-refractivity contribution in [2.75, 3.05) is 26.7 Å². The molecule has 0 bridgehead atoms. The predicted molar refractivity (Wildman–Crippen MR) is 107 cm³/mol. The molecule has 0 N–H and O–H groups in total. The number of thiazole rings is 1. The number of amides is 4. The van der Waals surface area contributed by atoms with E-state index >= 15 is 0 Å². The third-order valence-corrected chi connectivity index (χ3v) is 6.45. The van der Waals surface area contributed by atoms with Crippen LogP contribution in [0.25, 0.3) is 4.96 Å². The van der Waals surface area contributed by atoms with E-state index in [0.29, 0.717) is 37.4 Å². The van der Waals surface area contributed by atoms with Gasteiger partial charge in [0.1, 0.15) is 11.2 Å². The van der Waals surface area contributed by atoms with Crippen LogP contribution in [0.1, 0.15) is 37.2 Å². The van der Waals surface area contributed by atoms with Gasteiger partial charge in [-0.15, -0.1) is 11.3 Å². The van der Waals surface area contributed by atoms with Gasteiger partial charge in [0, 0.05) is 44.3 Å². The molecule has 2 aliphatic heterocycles. The number of likely N-dealkylation sites (tertiary alicyclic amines) is 1. The van der Waals surface area contributed by atoms with Crippen LogP contribution in [0.3, 0.4) is 0 Å². The average Bonchev–Trinajstić information content (AvgIpc) is 3.22. The number of likely N-dealkylation sites (N-methyl/N-ethyl adjacent to an activating group) is 1. The maximum absolute atomic E-state index is 13.1. The summed E-state index contributed by atoms with van der Waals surface area (Å²) in [7, 11) is 1.51. The molecule has 2 aliphatic rings. The summed E-state index contributed by atoms with van der Waals surface area (Å²) < 4.78 is 1.61. The van der Waals surface area contributed by atoms with E-state index in [9.17, 15) is 19.2 Å². The smallest absolute Gasteiger partial charge is 0.327 e. The molecule has 2 fully saturated rings. The molecule has 1 spiro atoms. The highest BCUT2D eigenvalue weighted by Gasteiger charge is 2.57. The summed E-state index contributed by atoms with van der Waals surface area (Å²) in [6, 6.07) is 0.972. The SMILES string of the molecule is CC(C)CN1C(=O)N(C)C(=O)C12CCN(C(=O)c1cc(=O)nc3sccn13)CC2. The first-order valence-corrected chi connectivity index (χ1v) is 10.5. The Balaban J connectivity index is 1.59. The minimum Gasteiger partial charge on any atom is -0.337 e. The van der Waals surface area contributed by atoms with E-state index < -0.39 is 11.1 Å². The Bertz CT molecular complexity index is 1050. The van der Waals surface area contributed by atoms with Gasteiger partial charge in [0.25, 0.3) is 17.4 Å². The summed E-state index contributed by atoms with van der Waals surface area (Å²) >= 11 is 1.29. The largest absolute Gasteiger partial charge is 0.337 e. The average molecular weight is 417 g/mol. The zero-order chi connectivity index (χ0) is 20.9. The molecule has 0 radical (unpaired) electrons. The molecule has 154 valence electrons. The normalized spacial score (nSPS) is 19.2. The summed E-state index contributed by atoms with van der Waals surface area (Å²) in [5, 5.41) is 1.77. The van der Waals surface area contributed by atoms with Crippen LogP contribution in [0.15, 0.2) is 22.4 Å². The molecule has 4 amide bonds. The molecule has 29 heavy (non-hydrogen) atoms. The Kier molecular flexibility index (Phi) is 4.68. The maximum Gasteiger partial charge on any atom is 0.327 e. The maximum atomic E-state index is 13.1. The number of rotatable bonds is 3. The molecule has 0 unspecified atom stereocenters. The number of fused-ring (bicyclic) bond motifs is 1. The van der Waals surface area contributed by atoms with Gasteiger partial charge in [-0.25, -0.2) is 4.79 Å². The monoisotopic (exact) mass is 417 g/mol. The Morgan fingerprint density at radius 3 is 2.59 bits per heavy atom. The molecule has 0 aromatic carbocycles. The number of carbonyl (C=O) groups is 3. The van der Waals surface area contributed by atoms with Gasteiger partial charge in [0.2, 0.25) is 0 Å². The zero-order valence-corrected chi connectivity index (χ0v) is 17.4. The molecule has 2 aromatic heterocycles. The Hall–Kier alpha value is -2.75. The summed E-state index contributed by atoms with van der Waals surface area (Å²) in [4.78, 5) is 59.4. The van der Waals surface area contributed by atoms with Crippen LogP contribution in [0, 0.1) is 5.92 Å². The van der Waals surface area contributed by atoms with Gasteiger partial charge in [-0.05, 0) is 18.8 Å².